The van der Waals surface area contributed by atoms with E-state index in [0.717, 1.165) is 12.5 Å². The topological polar surface area (TPSA) is 101 Å². The minimum absolute atomic E-state index is 0.230. The summed E-state index contributed by atoms with van der Waals surface area (Å²) in [5, 5.41) is 8.55. The molecule has 2 amide bonds. The van der Waals surface area contributed by atoms with Gasteiger partial charge in [0.25, 0.3) is 5.91 Å². The fourth-order valence-electron chi connectivity index (χ4n) is 2.16. The highest BCUT2D eigenvalue weighted by atomic mass is 32.1. The number of primary amides is 1. The fraction of sp³-hybridized carbons (Fsp3) is 0.308. The summed E-state index contributed by atoms with van der Waals surface area (Å²) in [7, 11) is 0. The third-order valence-electron chi connectivity index (χ3n) is 3.07. The molecule has 0 spiro atoms. The number of carbonyl (C=O) groups excluding carboxylic acids is 2. The Bertz CT molecular complexity index is 579. The first kappa shape index (κ1) is 14.3. The third kappa shape index (κ3) is 3.05. The molecule has 0 aliphatic carbocycles. The molecule has 1 aromatic heterocycles. The van der Waals surface area contributed by atoms with Crippen LogP contribution in [0.2, 0.25) is 0 Å². The summed E-state index contributed by atoms with van der Waals surface area (Å²) in [6, 6.07) is 2.76. The van der Waals surface area contributed by atoms with Crippen LogP contribution in [0.3, 0.4) is 0 Å². The van der Waals surface area contributed by atoms with Gasteiger partial charge in [-0.15, -0.1) is 11.3 Å². The molecule has 1 aromatic rings. The van der Waals surface area contributed by atoms with Gasteiger partial charge in [0, 0.05) is 17.5 Å². The molecule has 1 aliphatic heterocycles. The number of thiophene rings is 1. The maximum atomic E-state index is 12.3. The molecular formula is C13H14N2O4S. The number of aliphatic carboxylic acids is 1. The van der Waals surface area contributed by atoms with Gasteiger partial charge in [-0.3, -0.25) is 9.59 Å². The number of nitrogens with zero attached hydrogens (tertiary/aromatic N) is 1. The molecule has 7 heteroatoms. The van der Waals surface area contributed by atoms with E-state index < -0.39 is 17.9 Å². The number of rotatable bonds is 4. The minimum atomic E-state index is -1.04. The minimum Gasteiger partial charge on any atom is -0.478 e. The van der Waals surface area contributed by atoms with Crippen molar-refractivity contribution in [3.05, 3.63) is 28.0 Å². The van der Waals surface area contributed by atoms with Crippen LogP contribution in [-0.2, 0) is 9.59 Å². The van der Waals surface area contributed by atoms with Gasteiger partial charge in [0.05, 0.1) is 4.88 Å². The quantitative estimate of drug-likeness (QED) is 0.807. The van der Waals surface area contributed by atoms with Crippen LogP contribution in [0.1, 0.15) is 27.4 Å². The van der Waals surface area contributed by atoms with E-state index in [9.17, 15) is 14.4 Å². The molecule has 0 bridgehead atoms. The van der Waals surface area contributed by atoms with Crippen LogP contribution in [0.5, 0.6) is 0 Å². The zero-order chi connectivity index (χ0) is 14.7. The van der Waals surface area contributed by atoms with E-state index in [1.807, 2.05) is 0 Å². The van der Waals surface area contributed by atoms with Crippen LogP contribution in [0.15, 0.2) is 18.2 Å². The maximum Gasteiger partial charge on any atom is 0.328 e. The first-order valence-electron chi connectivity index (χ1n) is 6.10. The predicted molar refractivity (Wildman–Crippen MR) is 74.2 cm³/mol. The molecule has 1 aliphatic rings. The van der Waals surface area contributed by atoms with Gasteiger partial charge >= 0.3 is 5.97 Å². The highest BCUT2D eigenvalue weighted by Crippen LogP contribution is 2.24. The summed E-state index contributed by atoms with van der Waals surface area (Å²) < 4.78 is 0. The molecule has 1 atom stereocenters. The molecule has 2 heterocycles. The summed E-state index contributed by atoms with van der Waals surface area (Å²) >= 11 is 1.19. The monoisotopic (exact) mass is 294 g/mol. The zero-order valence-electron chi connectivity index (χ0n) is 10.6. The molecule has 2 rings (SSSR count). The second kappa shape index (κ2) is 5.87. The van der Waals surface area contributed by atoms with Gasteiger partial charge in [0.15, 0.2) is 0 Å². The standard InChI is InChI=1S/C13H14N2O4S/c14-12(18)9-2-1-7-15(9)13(19)10-5-3-8(20-10)4-6-11(16)17/h3-6,9H,1-2,7H2,(H2,14,18)(H,16,17). The van der Waals surface area contributed by atoms with Gasteiger partial charge < -0.3 is 15.7 Å². The number of likely N-dealkylation sites (tertiary alicyclic amines) is 1. The van der Waals surface area contributed by atoms with Crippen LogP contribution in [0.25, 0.3) is 6.08 Å². The number of carboxylic acids is 1. The molecule has 106 valence electrons. The Kier molecular flexibility index (Phi) is 4.19. The Hall–Kier alpha value is -2.15. The zero-order valence-corrected chi connectivity index (χ0v) is 11.4. The highest BCUT2D eigenvalue weighted by molar-refractivity contribution is 7.14. The molecule has 1 unspecified atom stereocenters. The lowest BCUT2D eigenvalue weighted by atomic mass is 10.2. The van der Waals surface area contributed by atoms with Crippen molar-refractivity contribution in [2.75, 3.05) is 6.54 Å². The second-order valence-electron chi connectivity index (χ2n) is 4.43. The number of hydrogen-bond acceptors (Lipinski definition) is 4. The smallest absolute Gasteiger partial charge is 0.328 e. The number of hydrogen-bond donors (Lipinski definition) is 2. The lowest BCUT2D eigenvalue weighted by Gasteiger charge is -2.21. The maximum absolute atomic E-state index is 12.3. The van der Waals surface area contributed by atoms with E-state index in [0.29, 0.717) is 22.7 Å². The largest absolute Gasteiger partial charge is 0.478 e. The molecule has 1 fully saturated rings. The lowest BCUT2D eigenvalue weighted by molar-refractivity contribution is -0.131. The molecule has 3 N–H and O–H groups in total. The molecule has 0 aromatic carbocycles. The summed E-state index contributed by atoms with van der Waals surface area (Å²) in [6.07, 6.45) is 3.80. The van der Waals surface area contributed by atoms with Crippen molar-refractivity contribution in [2.24, 2.45) is 5.73 Å². The number of amides is 2. The van der Waals surface area contributed by atoms with Gasteiger partial charge in [-0.2, -0.15) is 0 Å². The number of nitrogens with two attached hydrogens (primary N) is 1. The molecule has 20 heavy (non-hydrogen) atoms. The van der Waals surface area contributed by atoms with Crippen LogP contribution in [-0.4, -0.2) is 40.4 Å². The van der Waals surface area contributed by atoms with Gasteiger partial charge in [-0.1, -0.05) is 0 Å². The van der Waals surface area contributed by atoms with E-state index in [4.69, 9.17) is 10.8 Å². The summed E-state index contributed by atoms with van der Waals surface area (Å²) in [6.45, 7) is 0.518. The van der Waals surface area contributed by atoms with Crippen molar-refractivity contribution in [1.29, 1.82) is 0 Å². The van der Waals surface area contributed by atoms with Crippen molar-refractivity contribution in [3.63, 3.8) is 0 Å². The average molecular weight is 294 g/mol. The Morgan fingerprint density at radius 1 is 1.40 bits per heavy atom. The molecule has 0 radical (unpaired) electrons. The van der Waals surface area contributed by atoms with Gasteiger partial charge in [0.1, 0.15) is 6.04 Å². The SMILES string of the molecule is NC(=O)C1CCCN1C(=O)c1ccc(C=CC(=O)O)s1. The van der Waals surface area contributed by atoms with E-state index >= 15 is 0 Å². The molecule has 6 nitrogen and oxygen atoms in total. The fourth-order valence-corrected chi connectivity index (χ4v) is 3.02. The van der Waals surface area contributed by atoms with Crippen LogP contribution in [0, 0.1) is 0 Å². The summed E-state index contributed by atoms with van der Waals surface area (Å²) in [4.78, 5) is 36.7. The normalized spacial score (nSPS) is 18.6. The third-order valence-corrected chi connectivity index (χ3v) is 4.11. The molecule has 0 saturated carbocycles. The lowest BCUT2D eigenvalue weighted by Crippen LogP contribution is -2.43. The molecular weight excluding hydrogens is 280 g/mol. The Morgan fingerprint density at radius 3 is 2.80 bits per heavy atom. The van der Waals surface area contributed by atoms with Crippen molar-refractivity contribution in [2.45, 2.75) is 18.9 Å². The van der Waals surface area contributed by atoms with E-state index in [1.165, 1.54) is 22.3 Å². The van der Waals surface area contributed by atoms with Crippen LogP contribution >= 0.6 is 11.3 Å². The molecule has 1 saturated heterocycles. The van der Waals surface area contributed by atoms with Crippen molar-refractivity contribution in [3.8, 4) is 0 Å². The Morgan fingerprint density at radius 2 is 2.15 bits per heavy atom. The van der Waals surface area contributed by atoms with E-state index in [2.05, 4.69) is 0 Å². The average Bonchev–Trinajstić information content (AvgIpc) is 3.04. The number of carbonyl (C=O) groups is 3. The van der Waals surface area contributed by atoms with Gasteiger partial charge in [0.2, 0.25) is 5.91 Å². The van der Waals surface area contributed by atoms with Crippen molar-refractivity contribution in [1.82, 2.24) is 4.90 Å². The van der Waals surface area contributed by atoms with E-state index in [1.54, 1.807) is 12.1 Å². The first-order chi connectivity index (χ1) is 9.49. The van der Waals surface area contributed by atoms with E-state index in [-0.39, 0.29) is 5.91 Å². The Labute approximate surface area is 119 Å². The van der Waals surface area contributed by atoms with Gasteiger partial charge in [-0.25, -0.2) is 4.79 Å². The summed E-state index contributed by atoms with van der Waals surface area (Å²) in [5.74, 6) is -1.76. The van der Waals surface area contributed by atoms with Gasteiger partial charge in [-0.05, 0) is 31.1 Å². The second-order valence-corrected chi connectivity index (χ2v) is 5.55. The van der Waals surface area contributed by atoms with Crippen molar-refractivity contribution < 1.29 is 19.5 Å². The highest BCUT2D eigenvalue weighted by Gasteiger charge is 2.33. The number of carboxylic acid groups (broad SMARTS) is 1. The predicted octanol–water partition coefficient (Wildman–Crippen LogP) is 0.936. The van der Waals surface area contributed by atoms with Crippen LogP contribution in [0.4, 0.5) is 0 Å². The summed E-state index contributed by atoms with van der Waals surface area (Å²) in [5.41, 5.74) is 5.28. The first-order valence-corrected chi connectivity index (χ1v) is 6.92. The van der Waals surface area contributed by atoms with Crippen LogP contribution < -0.4 is 5.73 Å². The Balaban J connectivity index is 2.13. The van der Waals surface area contributed by atoms with Crippen molar-refractivity contribution >= 4 is 35.2 Å².